The van der Waals surface area contributed by atoms with Gasteiger partial charge in [-0.05, 0) is 57.6 Å². The zero-order valence-corrected chi connectivity index (χ0v) is 19.5. The lowest BCUT2D eigenvalue weighted by molar-refractivity contribution is -0.140. The van der Waals surface area contributed by atoms with E-state index < -0.39 is 17.7 Å². The number of likely N-dealkylation sites (N-methyl/N-ethyl adjacent to an activating group) is 1. The molecule has 1 aliphatic rings. The van der Waals surface area contributed by atoms with Crippen molar-refractivity contribution in [2.24, 2.45) is 0 Å². The zero-order valence-electron chi connectivity index (χ0n) is 19.5. The van der Waals surface area contributed by atoms with Gasteiger partial charge in [0.25, 0.3) is 11.7 Å². The van der Waals surface area contributed by atoms with Gasteiger partial charge in [-0.15, -0.1) is 0 Å². The Morgan fingerprint density at radius 2 is 1.81 bits per heavy atom. The maximum Gasteiger partial charge on any atom is 0.295 e. The van der Waals surface area contributed by atoms with Gasteiger partial charge in [-0.3, -0.25) is 9.59 Å². The third-order valence-electron chi connectivity index (χ3n) is 5.51. The quantitative estimate of drug-likeness (QED) is 0.385. The first-order chi connectivity index (χ1) is 15.2. The van der Waals surface area contributed by atoms with Gasteiger partial charge in [0.2, 0.25) is 0 Å². The second-order valence-electron chi connectivity index (χ2n) is 8.59. The molecule has 2 aromatic carbocycles. The first-order valence-corrected chi connectivity index (χ1v) is 11.0. The average molecular weight is 437 g/mol. The number of hydrogen-bond acceptors (Lipinski definition) is 5. The number of ether oxygens (including phenoxy) is 1. The summed E-state index contributed by atoms with van der Waals surface area (Å²) in [6.07, 6.45) is 0.866. The van der Waals surface area contributed by atoms with Gasteiger partial charge >= 0.3 is 0 Å². The molecule has 0 saturated carbocycles. The van der Waals surface area contributed by atoms with Gasteiger partial charge in [0.15, 0.2) is 0 Å². The number of aliphatic hydroxyl groups is 1. The summed E-state index contributed by atoms with van der Waals surface area (Å²) in [6.45, 7) is 6.90. The molecule has 1 heterocycles. The van der Waals surface area contributed by atoms with Crippen LogP contribution in [0.2, 0.25) is 0 Å². The topological polar surface area (TPSA) is 70.1 Å². The molecule has 0 aliphatic carbocycles. The van der Waals surface area contributed by atoms with Crippen LogP contribution in [-0.4, -0.2) is 59.9 Å². The van der Waals surface area contributed by atoms with E-state index in [-0.39, 0.29) is 17.4 Å². The lowest BCUT2D eigenvalue weighted by Gasteiger charge is -2.26. The third kappa shape index (κ3) is 5.02. The number of nitrogens with zero attached hydrogens (tertiary/aromatic N) is 2. The van der Waals surface area contributed by atoms with Gasteiger partial charge in [-0.2, -0.15) is 0 Å². The van der Waals surface area contributed by atoms with Crippen LogP contribution in [0.15, 0.2) is 54.1 Å². The SMILES string of the molecule is CCc1ccc(C2/C(=C(/O)c3cccc(OC(C)C)c3)C(=O)C(=O)N2CCN(C)C)cc1. The molecule has 0 radical (unpaired) electrons. The molecular weight excluding hydrogens is 404 g/mol. The highest BCUT2D eigenvalue weighted by molar-refractivity contribution is 6.46. The molecule has 1 aliphatic heterocycles. The van der Waals surface area contributed by atoms with Crippen molar-refractivity contribution in [1.82, 2.24) is 9.80 Å². The Kier molecular flexibility index (Phi) is 7.36. The lowest BCUT2D eigenvalue weighted by Crippen LogP contribution is -2.35. The molecule has 1 amide bonds. The van der Waals surface area contributed by atoms with E-state index in [9.17, 15) is 14.7 Å². The number of likely N-dealkylation sites (tertiary alicyclic amines) is 1. The van der Waals surface area contributed by atoms with Gasteiger partial charge in [0.05, 0.1) is 17.7 Å². The lowest BCUT2D eigenvalue weighted by atomic mass is 9.94. The van der Waals surface area contributed by atoms with Gasteiger partial charge in [-0.1, -0.05) is 43.3 Å². The molecule has 32 heavy (non-hydrogen) atoms. The summed E-state index contributed by atoms with van der Waals surface area (Å²) in [5, 5.41) is 11.2. The molecule has 0 bridgehead atoms. The summed E-state index contributed by atoms with van der Waals surface area (Å²) < 4.78 is 5.74. The minimum Gasteiger partial charge on any atom is -0.507 e. The fourth-order valence-corrected chi connectivity index (χ4v) is 3.84. The number of aryl methyl sites for hydroxylation is 1. The number of carbonyl (C=O) groups is 2. The van der Waals surface area contributed by atoms with Crippen LogP contribution in [0.25, 0.3) is 5.76 Å². The van der Waals surface area contributed by atoms with Gasteiger partial charge < -0.3 is 19.6 Å². The fraction of sp³-hybridized carbons (Fsp3) is 0.385. The largest absolute Gasteiger partial charge is 0.507 e. The van der Waals surface area contributed by atoms with Gasteiger partial charge in [0, 0.05) is 18.7 Å². The Hall–Kier alpha value is -3.12. The molecule has 1 saturated heterocycles. The van der Waals surface area contributed by atoms with E-state index in [0.717, 1.165) is 17.5 Å². The summed E-state index contributed by atoms with van der Waals surface area (Å²) in [5.74, 6) is -0.849. The Balaban J connectivity index is 2.11. The van der Waals surface area contributed by atoms with Crippen LogP contribution in [-0.2, 0) is 16.0 Å². The number of rotatable bonds is 8. The molecule has 1 N–H and O–H groups in total. The summed E-state index contributed by atoms with van der Waals surface area (Å²) in [7, 11) is 3.84. The van der Waals surface area contributed by atoms with Gasteiger partial charge in [-0.25, -0.2) is 0 Å². The maximum absolute atomic E-state index is 13.1. The van der Waals surface area contributed by atoms with Crippen molar-refractivity contribution in [3.8, 4) is 5.75 Å². The molecule has 1 unspecified atom stereocenters. The molecule has 6 nitrogen and oxygen atoms in total. The Morgan fingerprint density at radius 1 is 1.12 bits per heavy atom. The van der Waals surface area contributed by atoms with Crippen LogP contribution in [0.3, 0.4) is 0 Å². The number of amides is 1. The Labute approximate surface area is 190 Å². The van der Waals surface area contributed by atoms with Crippen LogP contribution in [0, 0.1) is 0 Å². The molecule has 170 valence electrons. The maximum atomic E-state index is 13.1. The molecule has 2 aromatic rings. The van der Waals surface area contributed by atoms with Crippen molar-refractivity contribution in [2.75, 3.05) is 27.2 Å². The summed E-state index contributed by atoms with van der Waals surface area (Å²) in [5.41, 5.74) is 2.53. The molecular formula is C26H32N2O4. The number of ketones is 1. The monoisotopic (exact) mass is 436 g/mol. The van der Waals surface area contributed by atoms with E-state index in [0.29, 0.717) is 24.4 Å². The molecule has 3 rings (SSSR count). The Bertz CT molecular complexity index is 1010. The van der Waals surface area contributed by atoms with Crippen LogP contribution >= 0.6 is 0 Å². The molecule has 6 heteroatoms. The van der Waals surface area contributed by atoms with E-state index in [2.05, 4.69) is 6.92 Å². The third-order valence-corrected chi connectivity index (χ3v) is 5.51. The minimum absolute atomic E-state index is 0.0268. The molecule has 0 spiro atoms. The van der Waals surface area contributed by atoms with Crippen molar-refractivity contribution in [3.63, 3.8) is 0 Å². The van der Waals surface area contributed by atoms with Crippen LogP contribution in [0.4, 0.5) is 0 Å². The van der Waals surface area contributed by atoms with E-state index >= 15 is 0 Å². The molecule has 1 atom stereocenters. The van der Waals surface area contributed by atoms with E-state index in [4.69, 9.17) is 4.74 Å². The minimum atomic E-state index is -0.666. The van der Waals surface area contributed by atoms with Crippen LogP contribution in [0.1, 0.15) is 43.5 Å². The smallest absolute Gasteiger partial charge is 0.295 e. The second-order valence-corrected chi connectivity index (χ2v) is 8.59. The predicted octanol–water partition coefficient (Wildman–Crippen LogP) is 4.02. The van der Waals surface area contributed by atoms with Crippen molar-refractivity contribution < 1.29 is 19.4 Å². The summed E-state index contributed by atoms with van der Waals surface area (Å²) in [4.78, 5) is 29.6. The van der Waals surface area contributed by atoms with E-state index in [1.54, 1.807) is 29.2 Å². The average Bonchev–Trinajstić information content (AvgIpc) is 3.01. The van der Waals surface area contributed by atoms with Gasteiger partial charge in [0.1, 0.15) is 11.5 Å². The Morgan fingerprint density at radius 3 is 2.41 bits per heavy atom. The standard InChI is InChI=1S/C26H32N2O4/c1-6-18-10-12-19(13-11-18)23-22(25(30)26(31)28(23)15-14-27(4)5)24(29)20-8-7-9-21(16-20)32-17(2)3/h7-13,16-17,23,29H,6,14-15H2,1-5H3/b24-22-. The first-order valence-electron chi connectivity index (χ1n) is 11.0. The van der Waals surface area contributed by atoms with Crippen molar-refractivity contribution in [1.29, 1.82) is 0 Å². The second kappa shape index (κ2) is 10.0. The van der Waals surface area contributed by atoms with Crippen molar-refractivity contribution >= 4 is 17.4 Å². The highest BCUT2D eigenvalue weighted by Crippen LogP contribution is 2.39. The molecule has 1 fully saturated rings. The summed E-state index contributed by atoms with van der Waals surface area (Å²) in [6, 6.07) is 14.2. The van der Waals surface area contributed by atoms with Crippen molar-refractivity contribution in [2.45, 2.75) is 39.3 Å². The zero-order chi connectivity index (χ0) is 23.4. The van der Waals surface area contributed by atoms with Crippen LogP contribution in [0.5, 0.6) is 5.75 Å². The number of carbonyl (C=O) groups excluding carboxylic acids is 2. The summed E-state index contributed by atoms with van der Waals surface area (Å²) >= 11 is 0. The number of aliphatic hydroxyl groups excluding tert-OH is 1. The highest BCUT2D eigenvalue weighted by Gasteiger charge is 2.45. The van der Waals surface area contributed by atoms with Crippen LogP contribution < -0.4 is 4.74 Å². The van der Waals surface area contributed by atoms with Crippen molar-refractivity contribution in [3.05, 3.63) is 70.8 Å². The molecule has 0 aromatic heterocycles. The fourth-order valence-electron chi connectivity index (χ4n) is 3.84. The van der Waals surface area contributed by atoms with E-state index in [1.165, 1.54) is 0 Å². The first kappa shape index (κ1) is 23.5. The normalized spacial score (nSPS) is 18.1. The highest BCUT2D eigenvalue weighted by atomic mass is 16.5. The number of Topliss-reactive ketones (excluding diaryl/α,β-unsaturated/α-hetero) is 1. The number of benzene rings is 2. The van der Waals surface area contributed by atoms with E-state index in [1.807, 2.05) is 57.1 Å². The number of hydrogen-bond donors (Lipinski definition) is 1. The predicted molar refractivity (Wildman–Crippen MR) is 126 cm³/mol.